The van der Waals surface area contributed by atoms with Crippen LogP contribution in [0.15, 0.2) is 280 Å². The average molecular weight is 1890 g/mol. The van der Waals surface area contributed by atoms with Crippen molar-refractivity contribution >= 4 is 83.7 Å². The molecule has 4 aliphatic rings. The molecule has 0 N–H and O–H groups in total. The van der Waals surface area contributed by atoms with Crippen LogP contribution >= 0.6 is 0 Å². The quantitative estimate of drug-likeness (QED) is 0.0466. The van der Waals surface area contributed by atoms with Crippen molar-refractivity contribution in [3.8, 4) is 40.0 Å². The fourth-order valence-electron chi connectivity index (χ4n) is 20.6. The van der Waals surface area contributed by atoms with E-state index in [9.17, 15) is 14.4 Å². The van der Waals surface area contributed by atoms with Crippen molar-refractivity contribution in [3.05, 3.63) is 320 Å². The van der Waals surface area contributed by atoms with Crippen molar-refractivity contribution in [2.45, 2.75) is 137 Å². The molecule has 12 heterocycles. The first-order chi connectivity index (χ1) is 68.9. The smallest absolute Gasteiger partial charge is 0.153 e. The van der Waals surface area contributed by atoms with Gasteiger partial charge in [-0.1, -0.05) is 118 Å². The molecule has 0 radical (unpaired) electrons. The van der Waals surface area contributed by atoms with Crippen molar-refractivity contribution in [2.75, 3.05) is 145 Å². The Balaban J connectivity index is 0.000000130. The summed E-state index contributed by atoms with van der Waals surface area (Å²) in [5, 5.41) is 24.1. The number of para-hydroxylation sites is 4. The maximum absolute atomic E-state index is 12.9. The molecule has 26 nitrogen and oxygen atoms in total. The van der Waals surface area contributed by atoms with E-state index in [1.807, 2.05) is 215 Å². The lowest BCUT2D eigenvalue weighted by molar-refractivity contribution is -0.122. The summed E-state index contributed by atoms with van der Waals surface area (Å²) >= 11 is 0. The number of hydrogen-bond donors (Lipinski definition) is 0. The number of ether oxygens (including phenoxy) is 3. The zero-order chi connectivity index (χ0) is 97.8. The van der Waals surface area contributed by atoms with Crippen LogP contribution in [0.3, 0.4) is 0 Å². The number of carbonyl (C=O) groups is 3. The molecule has 4 aliphatic heterocycles. The Kier molecular flexibility index (Phi) is 32.5. The second-order valence-corrected chi connectivity index (χ2v) is 37.4. The third kappa shape index (κ3) is 23.2. The molecule has 4 unspecified atom stereocenters. The van der Waals surface area contributed by atoms with Crippen LogP contribution in [0.2, 0.25) is 0 Å². The fourth-order valence-corrected chi connectivity index (χ4v) is 20.6. The SMILES string of the molecule is CC(=O)CC(c1ccn(-c2ccccc2)n1)N1CCCN(c2cc(C(C)C)cc3cccnc23)CC1.CCC(c1ccn(-c2ccccc2)n1)N1CCCN(c2c(OC)ccc3cccnc23)CC1.CCOc1c(C)cc2cccnc2c1N1CCCN(C(C(C)=O)c2ccn(-c3ccccc3)n2)CC1.COc1c(C)cc2cccnc2c1N1CCCN(C(CC(C)=O)c2ccn(-c3ccccc3)n2)CC1. The van der Waals surface area contributed by atoms with E-state index in [4.69, 9.17) is 54.5 Å². The molecule has 728 valence electrons. The molecule has 141 heavy (non-hydrogen) atoms. The zero-order valence-corrected chi connectivity index (χ0v) is 83.3. The molecule has 8 aromatic carbocycles. The van der Waals surface area contributed by atoms with Crippen LogP contribution in [0.5, 0.6) is 17.2 Å². The summed E-state index contributed by atoms with van der Waals surface area (Å²) in [5.74, 6) is 3.61. The largest absolute Gasteiger partial charge is 0.494 e. The molecule has 16 aromatic rings. The Labute approximate surface area is 828 Å². The minimum atomic E-state index is -0.367. The molecular formula is C115H132N20O6. The second-order valence-electron chi connectivity index (χ2n) is 37.4. The van der Waals surface area contributed by atoms with E-state index in [0.29, 0.717) is 31.4 Å². The second kappa shape index (κ2) is 46.6. The predicted molar refractivity (Wildman–Crippen MR) is 565 cm³/mol. The molecule has 20 rings (SSSR count). The van der Waals surface area contributed by atoms with Gasteiger partial charge in [-0.3, -0.25) is 53.9 Å². The van der Waals surface area contributed by atoms with Gasteiger partial charge in [0.2, 0.25) is 0 Å². The molecule has 0 amide bonds. The highest BCUT2D eigenvalue weighted by Gasteiger charge is 2.35. The Bertz CT molecular complexity index is 6870. The van der Waals surface area contributed by atoms with Gasteiger partial charge >= 0.3 is 0 Å². The van der Waals surface area contributed by atoms with Crippen LogP contribution in [-0.2, 0) is 14.4 Å². The first-order valence-electron chi connectivity index (χ1n) is 50.0. The number of carbonyl (C=O) groups excluding carboxylic acids is 3. The van der Waals surface area contributed by atoms with E-state index < -0.39 is 0 Å². The summed E-state index contributed by atoms with van der Waals surface area (Å²) in [4.78, 5) is 75.8. The van der Waals surface area contributed by atoms with Gasteiger partial charge in [0.05, 0.1) is 112 Å². The molecular weight excluding hydrogens is 1760 g/mol. The van der Waals surface area contributed by atoms with Gasteiger partial charge in [0.25, 0.3) is 0 Å². The van der Waals surface area contributed by atoms with Crippen LogP contribution in [0.25, 0.3) is 66.4 Å². The summed E-state index contributed by atoms with van der Waals surface area (Å²) in [6.45, 7) is 32.8. The standard InChI is InChI=1S/C30H35N5O.2C29H33N5O2.C27H31N5O/c1-22(2)25-20-24-9-7-13-31-30(24)29(21-25)34-15-8-14-33(17-18-34)28(19-23(3)36)27-12-16-35(32-27)26-10-5-4-6-11-26;1-21-19-23-9-7-13-30-27(23)28(29(21)36-3)33-15-8-14-32(17-18-33)26(20-22(2)35)25-12-16-34(31-25)24-10-5-4-6-11-24;1-4-36-29-21(2)20-23-10-8-14-30-26(23)28(29)33-16-9-15-32(18-19-33)27(22(3)35)25-13-17-34(31-25)24-11-6-5-7-12-24;1-3-24(23-14-18-32(29-23)22-10-5-4-6-11-22)30-16-8-17-31(20-19-30)27-25(33-2)13-12-21-9-7-15-28-26(21)27/h4-7,9-13,16,20-22,28H,8,14-15,17-19H2,1-3H3;4-7,9-13,16,19,26H,8,14-15,17-18,20H2,1-3H3;5-8,10-14,17,20,27H,4,9,15-16,18-19H2,1-3H3;4-7,9-15,18,24H,3,8,16-17,19-20H2,1-2H3. The van der Waals surface area contributed by atoms with Crippen LogP contribution in [0.4, 0.5) is 22.7 Å². The lowest BCUT2D eigenvalue weighted by Crippen LogP contribution is -2.37. The number of aromatic nitrogens is 12. The average Bonchev–Trinajstić information content (AvgIpc) is 1.79. The van der Waals surface area contributed by atoms with Crippen LogP contribution in [0.1, 0.15) is 163 Å². The van der Waals surface area contributed by atoms with Crippen molar-refractivity contribution in [3.63, 3.8) is 0 Å². The number of rotatable bonds is 27. The number of benzene rings is 8. The van der Waals surface area contributed by atoms with Gasteiger partial charge in [-0.05, 0) is 230 Å². The highest BCUT2D eigenvalue weighted by atomic mass is 16.5. The van der Waals surface area contributed by atoms with E-state index in [1.54, 1.807) is 35.0 Å². The molecule has 0 saturated carbocycles. The number of aryl methyl sites for hydroxylation is 2. The van der Waals surface area contributed by atoms with Crippen molar-refractivity contribution < 1.29 is 28.6 Å². The zero-order valence-electron chi connectivity index (χ0n) is 83.3. The lowest BCUT2D eigenvalue weighted by Gasteiger charge is -2.30. The number of ketones is 3. The molecule has 4 atom stereocenters. The topological polar surface area (TPSA) is 228 Å². The Morgan fingerprint density at radius 1 is 0.348 bits per heavy atom. The molecule has 4 fully saturated rings. The monoisotopic (exact) mass is 1890 g/mol. The Morgan fingerprint density at radius 2 is 0.716 bits per heavy atom. The van der Waals surface area contributed by atoms with Crippen LogP contribution < -0.4 is 33.8 Å². The first kappa shape index (κ1) is 98.3. The number of methoxy groups -OCH3 is 2. The fraction of sp³-hybridized carbons (Fsp3) is 0.348. The molecule has 0 aliphatic carbocycles. The number of fused-ring (bicyclic) bond motifs is 4. The number of hydrogen-bond acceptors (Lipinski definition) is 22. The van der Waals surface area contributed by atoms with E-state index in [1.165, 1.54) is 16.6 Å². The Hall–Kier alpha value is -14.3. The van der Waals surface area contributed by atoms with E-state index in [2.05, 4.69) is 165 Å². The normalized spacial score (nSPS) is 15.7. The van der Waals surface area contributed by atoms with Crippen molar-refractivity contribution in [1.82, 2.24) is 78.7 Å². The number of pyridine rings is 4. The van der Waals surface area contributed by atoms with Crippen molar-refractivity contribution in [2.24, 2.45) is 0 Å². The number of anilines is 4. The summed E-state index contributed by atoms with van der Waals surface area (Å²) < 4.78 is 25.4. The van der Waals surface area contributed by atoms with Gasteiger partial charge < -0.3 is 33.8 Å². The van der Waals surface area contributed by atoms with Gasteiger partial charge in [-0.25, -0.2) is 18.7 Å². The predicted octanol–water partition coefficient (Wildman–Crippen LogP) is 20.8. The van der Waals surface area contributed by atoms with Crippen molar-refractivity contribution in [1.29, 1.82) is 0 Å². The highest BCUT2D eigenvalue weighted by Crippen LogP contribution is 2.44. The maximum Gasteiger partial charge on any atom is 0.153 e. The molecule has 26 heteroatoms. The summed E-state index contributed by atoms with van der Waals surface area (Å²) in [6, 6.07) is 78.1. The van der Waals surface area contributed by atoms with Gasteiger partial charge in [0.15, 0.2) is 5.78 Å². The van der Waals surface area contributed by atoms with Gasteiger partial charge in [-0.2, -0.15) is 20.4 Å². The van der Waals surface area contributed by atoms with E-state index in [-0.39, 0.29) is 35.5 Å². The van der Waals surface area contributed by atoms with Crippen LogP contribution in [0, 0.1) is 13.8 Å². The summed E-state index contributed by atoms with van der Waals surface area (Å²) in [7, 11) is 3.48. The summed E-state index contributed by atoms with van der Waals surface area (Å²) in [6.07, 6.45) is 21.4. The van der Waals surface area contributed by atoms with E-state index in [0.717, 1.165) is 266 Å². The van der Waals surface area contributed by atoms with E-state index >= 15 is 0 Å². The molecule has 4 saturated heterocycles. The Morgan fingerprint density at radius 3 is 1.14 bits per heavy atom. The van der Waals surface area contributed by atoms with Gasteiger partial charge in [0.1, 0.15) is 51.9 Å². The number of nitrogens with zero attached hydrogens (tertiary/aromatic N) is 20. The minimum absolute atomic E-state index is 0.0238. The molecule has 0 bridgehead atoms. The lowest BCUT2D eigenvalue weighted by atomic mass is 9.99. The van der Waals surface area contributed by atoms with Gasteiger partial charge in [0, 0.05) is 189 Å². The highest BCUT2D eigenvalue weighted by molar-refractivity contribution is 5.98. The third-order valence-electron chi connectivity index (χ3n) is 27.5. The maximum atomic E-state index is 12.9. The van der Waals surface area contributed by atoms with Gasteiger partial charge in [-0.15, -0.1) is 0 Å². The van der Waals surface area contributed by atoms with Crippen LogP contribution in [-0.4, -0.2) is 222 Å². The minimum Gasteiger partial charge on any atom is -0.494 e. The molecule has 0 spiro atoms. The third-order valence-corrected chi connectivity index (χ3v) is 27.5. The molecule has 8 aromatic heterocycles. The summed E-state index contributed by atoms with van der Waals surface area (Å²) in [5.41, 5.74) is 19.9. The first-order valence-corrected chi connectivity index (χ1v) is 50.0. The number of Topliss-reactive ketones (excluding diaryl/α,β-unsaturated/α-hetero) is 3.